The fourth-order valence-corrected chi connectivity index (χ4v) is 7.07. The van der Waals surface area contributed by atoms with Gasteiger partial charge in [-0.05, 0) is 84.5 Å². The first kappa shape index (κ1) is 68.1. The van der Waals surface area contributed by atoms with Gasteiger partial charge in [-0.15, -0.1) is 0 Å². The number of nitro groups is 2. The molecule has 0 aromatic carbocycles. The van der Waals surface area contributed by atoms with Gasteiger partial charge in [-0.2, -0.15) is 0 Å². The molecule has 0 saturated carbocycles. The van der Waals surface area contributed by atoms with Crippen molar-refractivity contribution >= 4 is 110 Å². The van der Waals surface area contributed by atoms with Crippen LogP contribution >= 0.6 is 87.9 Å². The fourth-order valence-electron chi connectivity index (χ4n) is 5.28. The van der Waals surface area contributed by atoms with Crippen LogP contribution in [0.4, 0.5) is 11.4 Å². The number of unbranched alkanes of at least 4 members (excludes halogenated alkanes) is 1. The van der Waals surface area contributed by atoms with Crippen molar-refractivity contribution in [3.63, 3.8) is 0 Å². The van der Waals surface area contributed by atoms with E-state index in [1.54, 1.807) is 46.0 Å². The molecule has 0 aliphatic carbocycles. The molecule has 4 aromatic rings. The number of alkyl halides is 3. The Kier molecular flexibility index (Phi) is 44.3. The molecule has 0 spiro atoms. The second-order valence-electron chi connectivity index (χ2n) is 13.4. The molecule has 1 atom stereocenters. The van der Waals surface area contributed by atoms with Crippen LogP contribution in [0, 0.1) is 26.8 Å². The first-order valence-corrected chi connectivity index (χ1v) is 25.2. The third-order valence-corrected chi connectivity index (χ3v) is 10.3. The predicted molar refractivity (Wildman–Crippen MR) is 292 cm³/mol. The zero-order chi connectivity index (χ0) is 48.3. The van der Waals surface area contributed by atoms with E-state index in [-0.39, 0.29) is 31.3 Å². The lowest BCUT2D eigenvalue weighted by Gasteiger charge is -2.35. The van der Waals surface area contributed by atoms with Crippen LogP contribution in [0.2, 0.25) is 5.02 Å². The molecular formula is C42H69ClI3N10O9P. The Morgan fingerprint density at radius 3 is 1.86 bits per heavy atom. The lowest BCUT2D eigenvalue weighted by molar-refractivity contribution is -0.385. The number of aromatic nitrogens is 5. The third-order valence-electron chi connectivity index (χ3n) is 7.91. The monoisotopic (exact) mass is 1300 g/mol. The van der Waals surface area contributed by atoms with Gasteiger partial charge in [0.15, 0.2) is 0 Å². The second-order valence-corrected chi connectivity index (χ2v) is 26.1. The Morgan fingerprint density at radius 1 is 0.818 bits per heavy atom. The van der Waals surface area contributed by atoms with Gasteiger partial charge in [0.2, 0.25) is 6.54 Å². The maximum Gasteiger partial charge on any atom is 0.305 e. The Hall–Kier alpha value is -2.16. The average Bonchev–Trinajstić information content (AvgIpc) is 3.60. The van der Waals surface area contributed by atoms with E-state index in [2.05, 4.69) is 129 Å². The molecule has 0 radical (unpaired) electrons. The number of pyridine rings is 3. The minimum Gasteiger partial charge on any atom is -0.385 e. The maximum atomic E-state index is 10.7. The largest absolute Gasteiger partial charge is 0.385 e. The SMILES string of the molecule is C.C.COCCCCc1ccncc1[N+](=O)[O-].COCCCN.IC(I)I.O=[N+]([O-])c1cnccc1Cl.[C-]#[N+]CCOP(OCCCn1c(COC)nc2cnccc21)N(C(C)C)C(C)C. The number of halogens is 4. The quantitative estimate of drug-likeness (QED) is 0.0139. The van der Waals surface area contributed by atoms with Crippen LogP contribution in [0.1, 0.15) is 79.6 Å². The van der Waals surface area contributed by atoms with E-state index in [0.29, 0.717) is 51.5 Å². The van der Waals surface area contributed by atoms with Crippen molar-refractivity contribution in [2.45, 2.75) is 99.8 Å². The summed E-state index contributed by atoms with van der Waals surface area (Å²) < 4.78 is 32.2. The van der Waals surface area contributed by atoms with Gasteiger partial charge in [0.05, 0.1) is 28.2 Å². The van der Waals surface area contributed by atoms with Crippen LogP contribution in [0.15, 0.2) is 55.4 Å². The minimum atomic E-state index is -1.20. The molecule has 19 nitrogen and oxygen atoms in total. The van der Waals surface area contributed by atoms with Gasteiger partial charge >= 0.3 is 5.69 Å². The van der Waals surface area contributed by atoms with Crippen LogP contribution in [0.25, 0.3) is 15.9 Å². The van der Waals surface area contributed by atoms with Crippen LogP contribution in [-0.2, 0) is 42.8 Å². The average molecular weight is 1310 g/mol. The summed E-state index contributed by atoms with van der Waals surface area (Å²) in [6, 6.07) is 5.65. The van der Waals surface area contributed by atoms with Crippen molar-refractivity contribution in [3.8, 4) is 0 Å². The molecule has 0 aliphatic rings. The van der Waals surface area contributed by atoms with Crippen molar-refractivity contribution in [1.29, 1.82) is 0 Å². The van der Waals surface area contributed by atoms with Crippen LogP contribution < -0.4 is 5.73 Å². The van der Waals surface area contributed by atoms with E-state index in [0.717, 1.165) is 73.9 Å². The van der Waals surface area contributed by atoms with Crippen molar-refractivity contribution in [2.75, 3.05) is 60.8 Å². The van der Waals surface area contributed by atoms with Gasteiger partial charge in [-0.1, -0.05) is 94.2 Å². The number of hydrogen-bond donors (Lipinski definition) is 1. The molecule has 1 unspecified atom stereocenters. The number of fused-ring (bicyclic) bond motifs is 1. The molecule has 4 aromatic heterocycles. The molecule has 374 valence electrons. The standard InChI is InChI=1S/C20H32N5O3P.C10H14N2O3.C5H3ClN2O2.C4H11NO.CHI3.2CH4/c1-16(2)25(17(3)4)29(28-13-10-21-5)27-12-7-11-24-19-8-9-22-14-18(19)23-20(24)15-26-6;1-15-7-3-2-4-9-5-6-11-8-10(9)12(13)14;6-4-1-2-7-3-5(4)8(9)10;1-6-4-2-3-5;2-1(3)4;;/h8-9,14,16-17H,7,10-13,15H2,1-4,6H3;5-6,8H,2-4,7H2,1H3;1-3H;2-5H2,1H3;1H;2*1H4. The highest BCUT2D eigenvalue weighted by Crippen LogP contribution is 2.46. The highest BCUT2D eigenvalue weighted by molar-refractivity contribution is 14.3. The number of nitrogens with two attached hydrogens (primary N) is 1. The van der Waals surface area contributed by atoms with Gasteiger partial charge in [0.25, 0.3) is 14.2 Å². The number of nitrogens with zero attached hydrogens (tertiary/aromatic N) is 9. The summed E-state index contributed by atoms with van der Waals surface area (Å²) in [6.45, 7) is 20.3. The Balaban J connectivity index is -0.000000892. The molecule has 0 aliphatic heterocycles. The fraction of sp³-hybridized carbons (Fsp3) is 0.595. The molecule has 4 heterocycles. The van der Waals surface area contributed by atoms with Crippen LogP contribution in [-0.4, -0.2) is 112 Å². The Labute approximate surface area is 438 Å². The zero-order valence-electron chi connectivity index (χ0n) is 37.4. The van der Waals surface area contributed by atoms with E-state index in [1.807, 2.05) is 6.07 Å². The zero-order valence-corrected chi connectivity index (χ0v) is 45.5. The summed E-state index contributed by atoms with van der Waals surface area (Å²) in [7, 11) is 3.79. The number of rotatable bonds is 23. The smallest absolute Gasteiger partial charge is 0.305 e. The predicted octanol–water partition coefficient (Wildman–Crippen LogP) is 11.7. The molecule has 66 heavy (non-hydrogen) atoms. The van der Waals surface area contributed by atoms with E-state index in [9.17, 15) is 20.2 Å². The van der Waals surface area contributed by atoms with Crippen LogP contribution in [0.5, 0.6) is 0 Å². The van der Waals surface area contributed by atoms with Gasteiger partial charge < -0.3 is 38.4 Å². The summed E-state index contributed by atoms with van der Waals surface area (Å²) in [4.78, 5) is 39.2. The van der Waals surface area contributed by atoms with Crippen molar-refractivity contribution in [1.82, 2.24) is 29.2 Å². The topological polar surface area (TPSA) is 223 Å². The number of methoxy groups -OCH3 is 3. The maximum absolute atomic E-state index is 10.7. The lowest BCUT2D eigenvalue weighted by atomic mass is 10.1. The normalized spacial score (nSPS) is 10.8. The summed E-state index contributed by atoms with van der Waals surface area (Å²) in [5.74, 6) is 0.886. The first-order valence-electron chi connectivity index (χ1n) is 20.0. The minimum absolute atomic E-state index is 0. The molecule has 0 bridgehead atoms. The number of aryl methyl sites for hydroxylation is 2. The first-order chi connectivity index (χ1) is 30.6. The number of ether oxygens (including phenoxy) is 3. The Morgan fingerprint density at radius 2 is 1.36 bits per heavy atom. The Bertz CT molecular complexity index is 1890. The van der Waals surface area contributed by atoms with Crippen molar-refractivity contribution in [2.24, 2.45) is 5.73 Å². The molecule has 24 heteroatoms. The highest BCUT2D eigenvalue weighted by atomic mass is 127. The van der Waals surface area contributed by atoms with Crippen LogP contribution in [0.3, 0.4) is 0 Å². The van der Waals surface area contributed by atoms with Gasteiger partial charge in [0.1, 0.15) is 41.9 Å². The highest BCUT2D eigenvalue weighted by Gasteiger charge is 2.27. The van der Waals surface area contributed by atoms with E-state index in [1.165, 1.54) is 18.5 Å². The lowest BCUT2D eigenvalue weighted by Crippen LogP contribution is -2.33. The molecular weight excluding hydrogens is 1240 g/mol. The molecule has 0 fully saturated rings. The van der Waals surface area contributed by atoms with E-state index >= 15 is 0 Å². The number of imidazole rings is 1. The number of hydrogen-bond acceptors (Lipinski definition) is 15. The van der Waals surface area contributed by atoms with E-state index < -0.39 is 18.4 Å². The van der Waals surface area contributed by atoms with E-state index in [4.69, 9.17) is 47.2 Å². The second kappa shape index (κ2) is 42.9. The van der Waals surface area contributed by atoms with Crippen molar-refractivity contribution < 1.29 is 33.1 Å². The van der Waals surface area contributed by atoms with Gasteiger partial charge in [0, 0.05) is 77.3 Å². The molecule has 2 N–H and O–H groups in total. The molecule has 4 rings (SSSR count). The van der Waals surface area contributed by atoms with Crippen molar-refractivity contribution in [3.05, 3.63) is 103 Å². The molecule has 0 amide bonds. The van der Waals surface area contributed by atoms with Gasteiger partial charge in [-0.25, -0.2) is 16.2 Å². The summed E-state index contributed by atoms with van der Waals surface area (Å²) in [5.41, 5.74) is 7.74. The van der Waals surface area contributed by atoms with Gasteiger partial charge in [-0.3, -0.25) is 35.2 Å². The third kappa shape index (κ3) is 30.4. The summed E-state index contributed by atoms with van der Waals surface area (Å²) in [6.07, 6.45) is 13.2. The molecule has 0 saturated heterocycles. The summed E-state index contributed by atoms with van der Waals surface area (Å²) >= 11 is 12.4. The summed E-state index contributed by atoms with van der Waals surface area (Å²) in [5, 5.41) is 20.9.